The Morgan fingerprint density at radius 3 is 2.89 bits per heavy atom. The van der Waals surface area contributed by atoms with Gasteiger partial charge in [-0.25, -0.2) is 9.97 Å². The number of H-pyrrole nitrogens is 1. The van der Waals surface area contributed by atoms with Crippen molar-refractivity contribution in [3.63, 3.8) is 0 Å². The number of hydrogen-bond donors (Lipinski definition) is 1. The summed E-state index contributed by atoms with van der Waals surface area (Å²) in [6, 6.07) is 8.44. The maximum absolute atomic E-state index is 5.39. The Kier molecular flexibility index (Phi) is 4.96. The number of hydrogen-bond acceptors (Lipinski definition) is 5. The summed E-state index contributed by atoms with van der Waals surface area (Å²) in [7, 11) is 6.06. The second-order valence-electron chi connectivity index (χ2n) is 7.16. The number of nitrogens with zero attached hydrogens (tertiary/aromatic N) is 5. The standard InChI is InChI=1S/C20H26N6O/c1-24-9-10-25(2)16(12-24)13-26-14-23-18(19(26)20-21-7-8-22-20)15-5-4-6-17(11-15)27-3/h4-8,11,14,16H,9-10,12-13H2,1-3H3,(H,21,22). The third-order valence-corrected chi connectivity index (χ3v) is 5.29. The largest absolute Gasteiger partial charge is 0.497 e. The van der Waals surface area contributed by atoms with E-state index in [9.17, 15) is 0 Å². The molecule has 3 heterocycles. The van der Waals surface area contributed by atoms with Gasteiger partial charge in [0.15, 0.2) is 5.82 Å². The Balaban J connectivity index is 1.73. The lowest BCUT2D eigenvalue weighted by Crippen LogP contribution is -2.51. The van der Waals surface area contributed by atoms with Crippen molar-refractivity contribution in [1.29, 1.82) is 0 Å². The Morgan fingerprint density at radius 2 is 2.11 bits per heavy atom. The van der Waals surface area contributed by atoms with E-state index in [4.69, 9.17) is 9.72 Å². The third-order valence-electron chi connectivity index (χ3n) is 5.29. The van der Waals surface area contributed by atoms with E-state index in [0.29, 0.717) is 6.04 Å². The van der Waals surface area contributed by atoms with Crippen LogP contribution < -0.4 is 4.74 Å². The number of ether oxygens (including phenoxy) is 1. The summed E-state index contributed by atoms with van der Waals surface area (Å²) in [5.74, 6) is 1.65. The maximum Gasteiger partial charge on any atom is 0.156 e. The number of rotatable bonds is 5. The fraction of sp³-hybridized carbons (Fsp3) is 0.400. The monoisotopic (exact) mass is 366 g/mol. The van der Waals surface area contributed by atoms with Gasteiger partial charge in [-0.3, -0.25) is 4.90 Å². The van der Waals surface area contributed by atoms with Gasteiger partial charge in [-0.1, -0.05) is 12.1 Å². The minimum atomic E-state index is 0.435. The van der Waals surface area contributed by atoms with E-state index in [1.54, 1.807) is 13.3 Å². The topological polar surface area (TPSA) is 62.2 Å². The van der Waals surface area contributed by atoms with Crippen molar-refractivity contribution < 1.29 is 4.74 Å². The van der Waals surface area contributed by atoms with Crippen LogP contribution in [0.25, 0.3) is 22.8 Å². The van der Waals surface area contributed by atoms with Crippen molar-refractivity contribution in [2.24, 2.45) is 0 Å². The Hall–Kier alpha value is -2.64. The van der Waals surface area contributed by atoms with Gasteiger partial charge in [0.25, 0.3) is 0 Å². The van der Waals surface area contributed by atoms with E-state index < -0.39 is 0 Å². The summed E-state index contributed by atoms with van der Waals surface area (Å²) in [4.78, 5) is 17.3. The van der Waals surface area contributed by atoms with Crippen LogP contribution in [0.4, 0.5) is 0 Å². The second-order valence-corrected chi connectivity index (χ2v) is 7.16. The summed E-state index contributed by atoms with van der Waals surface area (Å²) in [6.07, 6.45) is 5.56. The van der Waals surface area contributed by atoms with Gasteiger partial charge < -0.3 is 19.2 Å². The number of piperazine rings is 1. The van der Waals surface area contributed by atoms with Crippen LogP contribution in [-0.4, -0.2) is 76.2 Å². The molecule has 0 spiro atoms. The maximum atomic E-state index is 5.39. The SMILES string of the molecule is COc1cccc(-c2ncn(CC3CN(C)CCN3C)c2-c2ncc[nH]2)c1. The zero-order chi connectivity index (χ0) is 18.8. The van der Waals surface area contributed by atoms with E-state index in [2.05, 4.69) is 44.5 Å². The summed E-state index contributed by atoms with van der Waals surface area (Å²) < 4.78 is 7.61. The van der Waals surface area contributed by atoms with Crippen LogP contribution in [0.5, 0.6) is 5.75 Å². The predicted octanol–water partition coefficient (Wildman–Crippen LogP) is 2.19. The molecular weight excluding hydrogens is 340 g/mol. The first-order valence-electron chi connectivity index (χ1n) is 9.24. The van der Waals surface area contributed by atoms with Gasteiger partial charge in [0.05, 0.1) is 19.1 Å². The summed E-state index contributed by atoms with van der Waals surface area (Å²) >= 11 is 0. The van der Waals surface area contributed by atoms with Gasteiger partial charge in [-0.05, 0) is 26.2 Å². The Morgan fingerprint density at radius 1 is 1.22 bits per heavy atom. The molecule has 27 heavy (non-hydrogen) atoms. The average molecular weight is 366 g/mol. The number of aromatic amines is 1. The van der Waals surface area contributed by atoms with E-state index in [0.717, 1.165) is 54.7 Å². The normalized spacial score (nSPS) is 18.7. The van der Waals surface area contributed by atoms with Crippen LogP contribution in [0.2, 0.25) is 0 Å². The molecule has 142 valence electrons. The fourth-order valence-electron chi connectivity index (χ4n) is 3.67. The molecule has 1 fully saturated rings. The molecule has 1 aromatic carbocycles. The first kappa shape index (κ1) is 17.8. The van der Waals surface area contributed by atoms with Gasteiger partial charge >= 0.3 is 0 Å². The van der Waals surface area contributed by atoms with Gasteiger partial charge in [0, 0.05) is 50.2 Å². The molecule has 7 heteroatoms. The molecule has 4 rings (SSSR count). The number of aromatic nitrogens is 4. The van der Waals surface area contributed by atoms with Crippen LogP contribution in [0.3, 0.4) is 0 Å². The lowest BCUT2D eigenvalue weighted by molar-refractivity contribution is 0.103. The third kappa shape index (κ3) is 3.61. The molecule has 0 bridgehead atoms. The predicted molar refractivity (Wildman–Crippen MR) is 106 cm³/mol. The molecular formula is C20H26N6O. The molecule has 7 nitrogen and oxygen atoms in total. The first-order valence-corrected chi connectivity index (χ1v) is 9.24. The second kappa shape index (κ2) is 7.54. The Bertz CT molecular complexity index is 888. The highest BCUT2D eigenvalue weighted by molar-refractivity contribution is 5.76. The summed E-state index contributed by atoms with van der Waals surface area (Å²) in [6.45, 7) is 4.10. The minimum Gasteiger partial charge on any atom is -0.497 e. The lowest BCUT2D eigenvalue weighted by Gasteiger charge is -2.38. The van der Waals surface area contributed by atoms with Gasteiger partial charge in [-0.2, -0.15) is 0 Å². The Labute approximate surface area is 159 Å². The minimum absolute atomic E-state index is 0.435. The molecule has 1 N–H and O–H groups in total. The number of nitrogens with one attached hydrogen (secondary N) is 1. The van der Waals surface area contributed by atoms with Crippen LogP contribution >= 0.6 is 0 Å². The highest BCUT2D eigenvalue weighted by Gasteiger charge is 2.25. The van der Waals surface area contributed by atoms with Crippen molar-refractivity contribution in [3.05, 3.63) is 43.0 Å². The lowest BCUT2D eigenvalue weighted by atomic mass is 10.1. The van der Waals surface area contributed by atoms with Gasteiger partial charge in [0.1, 0.15) is 11.4 Å². The molecule has 2 aromatic heterocycles. The van der Waals surface area contributed by atoms with E-state index in [1.165, 1.54) is 0 Å². The molecule has 0 saturated carbocycles. The van der Waals surface area contributed by atoms with E-state index >= 15 is 0 Å². The van der Waals surface area contributed by atoms with Crippen molar-refractivity contribution in [2.45, 2.75) is 12.6 Å². The van der Waals surface area contributed by atoms with Gasteiger partial charge in [0.2, 0.25) is 0 Å². The van der Waals surface area contributed by atoms with Crippen molar-refractivity contribution in [2.75, 3.05) is 40.8 Å². The van der Waals surface area contributed by atoms with E-state index in [-0.39, 0.29) is 0 Å². The molecule has 1 aliphatic rings. The highest BCUT2D eigenvalue weighted by Crippen LogP contribution is 2.31. The number of likely N-dealkylation sites (N-methyl/N-ethyl adjacent to an activating group) is 2. The quantitative estimate of drug-likeness (QED) is 0.750. The van der Waals surface area contributed by atoms with Crippen molar-refractivity contribution in [3.8, 4) is 28.5 Å². The molecule has 0 amide bonds. The molecule has 0 aliphatic carbocycles. The molecule has 3 aromatic rings. The molecule has 1 aliphatic heterocycles. The molecule has 1 unspecified atom stereocenters. The van der Waals surface area contributed by atoms with Crippen LogP contribution in [0.1, 0.15) is 0 Å². The van der Waals surface area contributed by atoms with Crippen molar-refractivity contribution >= 4 is 0 Å². The average Bonchev–Trinajstić information content (AvgIpc) is 3.34. The smallest absolute Gasteiger partial charge is 0.156 e. The van der Waals surface area contributed by atoms with Crippen molar-refractivity contribution in [1.82, 2.24) is 29.3 Å². The van der Waals surface area contributed by atoms with Crippen LogP contribution in [0, 0.1) is 0 Å². The van der Waals surface area contributed by atoms with Gasteiger partial charge in [-0.15, -0.1) is 0 Å². The van der Waals surface area contributed by atoms with Crippen LogP contribution in [0.15, 0.2) is 43.0 Å². The highest BCUT2D eigenvalue weighted by atomic mass is 16.5. The van der Waals surface area contributed by atoms with E-state index in [1.807, 2.05) is 30.7 Å². The summed E-state index contributed by atoms with van der Waals surface area (Å²) in [5.41, 5.74) is 2.94. The fourth-order valence-corrected chi connectivity index (χ4v) is 3.67. The summed E-state index contributed by atoms with van der Waals surface area (Å²) in [5, 5.41) is 0. The number of imidazole rings is 2. The number of methoxy groups -OCH3 is 1. The molecule has 1 saturated heterocycles. The molecule has 0 radical (unpaired) electrons. The number of benzene rings is 1. The van der Waals surface area contributed by atoms with Crippen LogP contribution in [-0.2, 0) is 6.54 Å². The molecule has 1 atom stereocenters. The zero-order valence-electron chi connectivity index (χ0n) is 16.1. The zero-order valence-corrected chi connectivity index (χ0v) is 16.1. The first-order chi connectivity index (χ1) is 13.2.